The molecule has 0 heterocycles. The SMILES string of the molecule is CCCCN(CC(=O)Nc1cc(N(C)C)c2c(c1O)C(=O)C1=C(O)[C@]3(O)C(=O)C(C(N)=O)=C(O)[C@@H](N(C)C)C3CC1C2)C(=O)OCOC(=O)c1ccc(C)cc1. The zero-order valence-electron chi connectivity index (χ0n) is 32.0. The lowest BCUT2D eigenvalue weighted by Gasteiger charge is -2.50. The molecule has 0 saturated carbocycles. The molecule has 5 rings (SSSR count). The number of Topliss-reactive ketones (excluding diaryl/α,β-unsaturated/α-hetero) is 2. The van der Waals surface area contributed by atoms with Crippen molar-refractivity contribution in [3.05, 3.63) is 75.3 Å². The van der Waals surface area contributed by atoms with Gasteiger partial charge in [-0.2, -0.15) is 0 Å². The quantitative estimate of drug-likeness (QED) is 0.0785. The molecule has 0 aromatic heterocycles. The molecule has 4 atom stereocenters. The summed E-state index contributed by atoms with van der Waals surface area (Å²) in [5.74, 6) is -9.45. The molecule has 7 N–H and O–H groups in total. The third-order valence-corrected chi connectivity index (χ3v) is 10.5. The van der Waals surface area contributed by atoms with Gasteiger partial charge < -0.3 is 45.9 Å². The molecule has 2 aromatic carbocycles. The van der Waals surface area contributed by atoms with Crippen LogP contribution in [0, 0.1) is 18.8 Å². The molecule has 300 valence electrons. The summed E-state index contributed by atoms with van der Waals surface area (Å²) in [5, 5.41) is 48.7. The molecule has 0 radical (unpaired) electrons. The number of carbonyl (C=O) groups excluding carboxylic acids is 6. The van der Waals surface area contributed by atoms with Crippen LogP contribution < -0.4 is 16.0 Å². The fourth-order valence-electron chi connectivity index (χ4n) is 7.74. The molecule has 0 fully saturated rings. The molecule has 2 unspecified atom stereocenters. The number of ether oxygens (including phenoxy) is 2. The Hall–Kier alpha value is -5.94. The third kappa shape index (κ3) is 7.38. The van der Waals surface area contributed by atoms with E-state index in [2.05, 4.69) is 5.32 Å². The average Bonchev–Trinajstić information content (AvgIpc) is 3.12. The normalized spacial score (nSPS) is 21.5. The van der Waals surface area contributed by atoms with Crippen LogP contribution in [0.15, 0.2) is 53.0 Å². The lowest BCUT2D eigenvalue weighted by atomic mass is 9.58. The highest BCUT2D eigenvalue weighted by molar-refractivity contribution is 6.25. The van der Waals surface area contributed by atoms with Gasteiger partial charge in [0.25, 0.3) is 5.91 Å². The van der Waals surface area contributed by atoms with Crippen molar-refractivity contribution in [1.82, 2.24) is 9.80 Å². The van der Waals surface area contributed by atoms with Gasteiger partial charge in [-0.3, -0.25) is 29.0 Å². The van der Waals surface area contributed by atoms with Crippen molar-refractivity contribution in [1.29, 1.82) is 0 Å². The van der Waals surface area contributed by atoms with Crippen LogP contribution >= 0.6 is 0 Å². The number of carbonyl (C=O) groups is 6. The van der Waals surface area contributed by atoms with Gasteiger partial charge in [-0.15, -0.1) is 0 Å². The topological polar surface area (TPSA) is 250 Å². The number of aromatic hydroxyl groups is 1. The van der Waals surface area contributed by atoms with E-state index in [9.17, 15) is 49.2 Å². The third-order valence-electron chi connectivity index (χ3n) is 10.5. The minimum absolute atomic E-state index is 0.0367. The number of aliphatic hydroxyl groups excluding tert-OH is 2. The maximum absolute atomic E-state index is 14.4. The number of unbranched alkanes of at least 4 members (excludes halogenated alkanes) is 1. The number of benzene rings is 2. The summed E-state index contributed by atoms with van der Waals surface area (Å²) in [6.07, 6.45) is 0.163. The smallest absolute Gasteiger partial charge is 0.413 e. The Labute approximate surface area is 322 Å². The van der Waals surface area contributed by atoms with Crippen LogP contribution in [-0.4, -0.2) is 125 Å². The Morgan fingerprint density at radius 2 is 1.68 bits per heavy atom. The van der Waals surface area contributed by atoms with Gasteiger partial charge in [0, 0.05) is 37.8 Å². The Bertz CT molecular complexity index is 2040. The summed E-state index contributed by atoms with van der Waals surface area (Å²) in [7, 11) is 6.44. The van der Waals surface area contributed by atoms with Crippen LogP contribution in [0.5, 0.6) is 5.75 Å². The fourth-order valence-corrected chi connectivity index (χ4v) is 7.74. The highest BCUT2D eigenvalue weighted by Gasteiger charge is 2.63. The molecule has 0 bridgehead atoms. The number of amides is 3. The van der Waals surface area contributed by atoms with E-state index in [-0.39, 0.29) is 41.8 Å². The van der Waals surface area contributed by atoms with Crippen molar-refractivity contribution in [2.45, 2.75) is 51.2 Å². The van der Waals surface area contributed by atoms with E-state index in [0.717, 1.165) is 10.5 Å². The first-order chi connectivity index (χ1) is 26.3. The number of likely N-dealkylation sites (N-methyl/N-ethyl adjacent to an activating group) is 1. The highest BCUT2D eigenvalue weighted by Crippen LogP contribution is 2.54. The minimum atomic E-state index is -2.81. The number of fused-ring (bicyclic) bond motifs is 3. The predicted octanol–water partition coefficient (Wildman–Crippen LogP) is 2.49. The molecule has 17 nitrogen and oxygen atoms in total. The first-order valence-electron chi connectivity index (χ1n) is 18.0. The second-order valence-electron chi connectivity index (χ2n) is 14.7. The van der Waals surface area contributed by atoms with Gasteiger partial charge in [0.1, 0.15) is 23.6 Å². The summed E-state index contributed by atoms with van der Waals surface area (Å²) in [6.45, 7) is 2.58. The van der Waals surface area contributed by atoms with E-state index in [4.69, 9.17) is 15.2 Å². The number of phenols is 1. The van der Waals surface area contributed by atoms with Gasteiger partial charge in [0.2, 0.25) is 18.5 Å². The van der Waals surface area contributed by atoms with Crippen LogP contribution in [-0.2, 0) is 30.3 Å². The summed E-state index contributed by atoms with van der Waals surface area (Å²) < 4.78 is 10.2. The standard InChI is InChI=1S/C39H47N5O12/c1-7-8-13-44(38(53)56-18-55-37(52)20-11-9-19(2)10-12-20)17-26(45)41-24-16-25(42(3)4)22-14-21-15-23-30(43(5)6)33(48)29(36(40)51)35(50)39(23,54)34(49)27(21)32(47)28(22)31(24)46/h9-12,16,21,23,30,46,48-49,54H,7-8,13-15,17-18H2,1-6H3,(H2,40,51)(H,41,45)/t21?,23?,30-,39-/m0/s1. The van der Waals surface area contributed by atoms with Crippen LogP contribution in [0.4, 0.5) is 16.2 Å². The number of anilines is 2. The number of nitrogens with zero attached hydrogens (tertiary/aromatic N) is 3. The number of nitrogens with two attached hydrogens (primary N) is 1. The van der Waals surface area contributed by atoms with E-state index in [1.54, 1.807) is 57.4 Å². The number of esters is 1. The van der Waals surface area contributed by atoms with Crippen LogP contribution in [0.3, 0.4) is 0 Å². The van der Waals surface area contributed by atoms with Gasteiger partial charge in [-0.05, 0) is 70.0 Å². The Morgan fingerprint density at radius 1 is 1.02 bits per heavy atom. The number of aryl methyl sites for hydroxylation is 1. The summed E-state index contributed by atoms with van der Waals surface area (Å²) in [6, 6.07) is 6.90. The van der Waals surface area contributed by atoms with Gasteiger partial charge >= 0.3 is 12.1 Å². The van der Waals surface area contributed by atoms with Crippen molar-refractivity contribution < 1.29 is 58.7 Å². The predicted molar refractivity (Wildman–Crippen MR) is 201 cm³/mol. The molecule has 0 spiro atoms. The van der Waals surface area contributed by atoms with Crippen LogP contribution in [0.25, 0.3) is 0 Å². The lowest BCUT2D eigenvalue weighted by molar-refractivity contribution is -0.148. The molecule has 56 heavy (non-hydrogen) atoms. The molecule has 0 aliphatic heterocycles. The summed E-state index contributed by atoms with van der Waals surface area (Å²) in [5.41, 5.74) is 2.80. The average molecular weight is 778 g/mol. The van der Waals surface area contributed by atoms with Gasteiger partial charge in [0.15, 0.2) is 17.1 Å². The maximum atomic E-state index is 14.4. The van der Waals surface area contributed by atoms with Gasteiger partial charge in [0.05, 0.1) is 22.9 Å². The van der Waals surface area contributed by atoms with E-state index < -0.39 is 95.1 Å². The molecular formula is C39H47N5O12. The second-order valence-corrected chi connectivity index (χ2v) is 14.7. The first kappa shape index (κ1) is 41.2. The lowest BCUT2D eigenvalue weighted by Crippen LogP contribution is -2.63. The Kier molecular flexibility index (Phi) is 11.8. The summed E-state index contributed by atoms with van der Waals surface area (Å²) in [4.78, 5) is 83.3. The zero-order valence-corrected chi connectivity index (χ0v) is 32.0. The van der Waals surface area contributed by atoms with Crippen LogP contribution in [0.1, 0.15) is 58.0 Å². The number of ketones is 2. The number of rotatable bonds is 12. The monoisotopic (exact) mass is 777 g/mol. The minimum Gasteiger partial charge on any atom is -0.510 e. The number of nitrogens with one attached hydrogen (secondary N) is 1. The number of primary amides is 1. The van der Waals surface area contributed by atoms with E-state index in [0.29, 0.717) is 24.1 Å². The number of allylic oxidation sites excluding steroid dienone is 1. The zero-order chi connectivity index (χ0) is 41.4. The molecule has 3 aliphatic rings. The number of hydrogen-bond donors (Lipinski definition) is 6. The molecular weight excluding hydrogens is 730 g/mol. The van der Waals surface area contributed by atoms with E-state index >= 15 is 0 Å². The van der Waals surface area contributed by atoms with Crippen molar-refractivity contribution >= 4 is 46.8 Å². The largest absolute Gasteiger partial charge is 0.510 e. The highest BCUT2D eigenvalue weighted by atomic mass is 16.7. The number of phenolic OH excluding ortho intramolecular Hbond substituents is 1. The van der Waals surface area contributed by atoms with Gasteiger partial charge in [-0.1, -0.05) is 31.0 Å². The molecule has 2 aromatic rings. The van der Waals surface area contributed by atoms with E-state index in [1.807, 2.05) is 13.8 Å². The molecule has 3 amide bonds. The number of hydrogen-bond acceptors (Lipinski definition) is 14. The first-order valence-corrected chi connectivity index (χ1v) is 18.0. The van der Waals surface area contributed by atoms with Crippen LogP contribution in [0.2, 0.25) is 0 Å². The Morgan fingerprint density at radius 3 is 2.27 bits per heavy atom. The molecule has 0 saturated heterocycles. The van der Waals surface area contributed by atoms with Crippen molar-refractivity contribution in [3.8, 4) is 5.75 Å². The maximum Gasteiger partial charge on any atom is 0.413 e. The molecule has 3 aliphatic carbocycles. The van der Waals surface area contributed by atoms with Crippen molar-refractivity contribution in [2.75, 3.05) is 58.3 Å². The van der Waals surface area contributed by atoms with Crippen molar-refractivity contribution in [2.24, 2.45) is 17.6 Å². The number of aliphatic hydroxyl groups is 3. The van der Waals surface area contributed by atoms with Crippen molar-refractivity contribution in [3.63, 3.8) is 0 Å². The molecule has 17 heteroatoms. The van der Waals surface area contributed by atoms with Gasteiger partial charge in [-0.25, -0.2) is 9.59 Å². The summed E-state index contributed by atoms with van der Waals surface area (Å²) >= 11 is 0. The fraction of sp³-hybridized carbons (Fsp3) is 0.436. The van der Waals surface area contributed by atoms with E-state index in [1.165, 1.54) is 11.0 Å². The Balaban J connectivity index is 1.42. The second kappa shape index (κ2) is 16.0.